The molecule has 0 bridgehead atoms. The van der Waals surface area contributed by atoms with Gasteiger partial charge in [-0.25, -0.2) is 0 Å². The van der Waals surface area contributed by atoms with Crippen LogP contribution in [-0.4, -0.2) is 11.2 Å². The van der Waals surface area contributed by atoms with Gasteiger partial charge in [0.15, 0.2) is 0 Å². The number of hydrogen-bond donors (Lipinski definition) is 0. The number of hydrogen-bond acceptors (Lipinski definition) is 2. The highest BCUT2D eigenvalue weighted by molar-refractivity contribution is 5.94. The maximum absolute atomic E-state index is 4.45. The number of aliphatic imine (C=N–C) groups is 1. The Bertz CT molecular complexity index is 568. The molecule has 0 radical (unpaired) electrons. The molecule has 0 aliphatic carbocycles. The van der Waals surface area contributed by atoms with Gasteiger partial charge in [0.05, 0.1) is 11.2 Å². The zero-order chi connectivity index (χ0) is 11.5. The Labute approximate surface area is 95.4 Å². The van der Waals surface area contributed by atoms with Gasteiger partial charge in [0, 0.05) is 23.4 Å². The summed E-state index contributed by atoms with van der Waals surface area (Å²) in [6, 6.07) is 6.20. The number of aryl methyl sites for hydroxylation is 1. The topological polar surface area (TPSA) is 25.2 Å². The Kier molecular flexibility index (Phi) is 2.82. The molecule has 0 unspecified atom stereocenters. The van der Waals surface area contributed by atoms with E-state index in [1.807, 2.05) is 32.2 Å². The van der Waals surface area contributed by atoms with Gasteiger partial charge in [0.25, 0.3) is 0 Å². The minimum atomic E-state index is 0.898. The van der Waals surface area contributed by atoms with Crippen LogP contribution in [0.5, 0.6) is 0 Å². The predicted molar refractivity (Wildman–Crippen MR) is 70.4 cm³/mol. The maximum Gasteiger partial charge on any atom is 0.0964 e. The van der Waals surface area contributed by atoms with E-state index in [-0.39, 0.29) is 0 Å². The molecule has 0 amide bonds. The van der Waals surface area contributed by atoms with E-state index in [4.69, 9.17) is 0 Å². The van der Waals surface area contributed by atoms with Crippen LogP contribution < -0.4 is 0 Å². The van der Waals surface area contributed by atoms with E-state index in [0.717, 1.165) is 27.7 Å². The fraction of sp³-hybridized carbons (Fsp3) is 0.143. The quantitative estimate of drug-likeness (QED) is 0.690. The third-order valence-corrected chi connectivity index (χ3v) is 2.47. The summed E-state index contributed by atoms with van der Waals surface area (Å²) in [5.74, 6) is 0. The molecule has 1 aromatic carbocycles. The lowest BCUT2D eigenvalue weighted by Gasteiger charge is -2.05. The fourth-order valence-corrected chi connectivity index (χ4v) is 1.74. The number of nitrogens with zero attached hydrogens (tertiary/aromatic N) is 2. The number of rotatable bonds is 2. The summed E-state index contributed by atoms with van der Waals surface area (Å²) in [6.45, 7) is 7.74. The molecule has 0 atom stereocenters. The summed E-state index contributed by atoms with van der Waals surface area (Å²) >= 11 is 0. The first-order chi connectivity index (χ1) is 7.76. The largest absolute Gasteiger partial charge is 0.259 e. The number of pyridine rings is 1. The number of benzene rings is 1. The average molecular weight is 210 g/mol. The van der Waals surface area contributed by atoms with E-state index in [1.165, 1.54) is 0 Å². The summed E-state index contributed by atoms with van der Waals surface area (Å²) in [5, 5.41) is 1.12. The molecule has 0 spiro atoms. The highest BCUT2D eigenvalue weighted by atomic mass is 14.8. The minimum Gasteiger partial charge on any atom is -0.259 e. The van der Waals surface area contributed by atoms with Crippen molar-refractivity contribution in [1.29, 1.82) is 0 Å². The molecule has 1 heterocycles. The van der Waals surface area contributed by atoms with Crippen molar-refractivity contribution in [3.05, 3.63) is 42.1 Å². The van der Waals surface area contributed by atoms with Crippen LogP contribution in [-0.2, 0) is 0 Å². The highest BCUT2D eigenvalue weighted by Gasteiger charge is 2.05. The molecular weight excluding hydrogens is 196 g/mol. The van der Waals surface area contributed by atoms with E-state index < -0.39 is 0 Å². The van der Waals surface area contributed by atoms with E-state index in [9.17, 15) is 0 Å². The van der Waals surface area contributed by atoms with Crippen molar-refractivity contribution in [2.75, 3.05) is 0 Å². The Hall–Kier alpha value is -1.96. The number of aromatic nitrogens is 1. The number of fused-ring (bicyclic) bond motifs is 1. The second kappa shape index (κ2) is 4.27. The Morgan fingerprint density at radius 2 is 2.19 bits per heavy atom. The van der Waals surface area contributed by atoms with Crippen LogP contribution in [0.15, 0.2) is 36.0 Å². The van der Waals surface area contributed by atoms with Crippen LogP contribution in [0.25, 0.3) is 17.0 Å². The fourth-order valence-electron chi connectivity index (χ4n) is 1.74. The van der Waals surface area contributed by atoms with Gasteiger partial charge in [-0.05, 0) is 25.5 Å². The monoisotopic (exact) mass is 210 g/mol. The zero-order valence-corrected chi connectivity index (χ0v) is 9.57. The van der Waals surface area contributed by atoms with Crippen LogP contribution in [0.2, 0.25) is 0 Å². The molecule has 1 aromatic heterocycles. The molecule has 2 aromatic rings. The molecule has 16 heavy (non-hydrogen) atoms. The van der Waals surface area contributed by atoms with Crippen LogP contribution in [0.4, 0.5) is 5.69 Å². The smallest absolute Gasteiger partial charge is 0.0964 e. The second-order valence-electron chi connectivity index (χ2n) is 3.68. The van der Waals surface area contributed by atoms with Crippen molar-refractivity contribution in [3.8, 4) is 0 Å². The normalized spacial score (nSPS) is 11.1. The second-order valence-corrected chi connectivity index (χ2v) is 3.68. The van der Waals surface area contributed by atoms with E-state index in [1.54, 1.807) is 6.21 Å². The van der Waals surface area contributed by atoms with E-state index in [0.29, 0.717) is 0 Å². The molecule has 2 nitrogen and oxygen atoms in total. The molecule has 0 aliphatic heterocycles. The Balaban J connectivity index is 2.83. The SMILES string of the molecule is C=Cc1ccc2cc(C)cnc2c1N=CC. The molecule has 2 heteroatoms. The maximum atomic E-state index is 4.45. The minimum absolute atomic E-state index is 0.898. The molecule has 2 rings (SSSR count). The van der Waals surface area contributed by atoms with E-state index in [2.05, 4.69) is 28.7 Å². The van der Waals surface area contributed by atoms with Gasteiger partial charge in [0.2, 0.25) is 0 Å². The third kappa shape index (κ3) is 1.74. The van der Waals surface area contributed by atoms with Gasteiger partial charge >= 0.3 is 0 Å². The summed E-state index contributed by atoms with van der Waals surface area (Å²) < 4.78 is 0. The summed E-state index contributed by atoms with van der Waals surface area (Å²) in [4.78, 5) is 8.82. The lowest BCUT2D eigenvalue weighted by atomic mass is 10.1. The van der Waals surface area contributed by atoms with Gasteiger partial charge in [0.1, 0.15) is 0 Å². The van der Waals surface area contributed by atoms with Gasteiger partial charge in [-0.3, -0.25) is 9.98 Å². The van der Waals surface area contributed by atoms with Crippen LogP contribution in [0.1, 0.15) is 18.1 Å². The van der Waals surface area contributed by atoms with Crippen molar-refractivity contribution in [2.24, 2.45) is 4.99 Å². The Morgan fingerprint density at radius 3 is 2.88 bits per heavy atom. The zero-order valence-electron chi connectivity index (χ0n) is 9.57. The van der Waals surface area contributed by atoms with E-state index >= 15 is 0 Å². The van der Waals surface area contributed by atoms with Crippen molar-refractivity contribution < 1.29 is 0 Å². The Morgan fingerprint density at radius 1 is 1.38 bits per heavy atom. The lowest BCUT2D eigenvalue weighted by molar-refractivity contribution is 1.32. The first kappa shape index (κ1) is 10.6. The van der Waals surface area contributed by atoms with Crippen LogP contribution >= 0.6 is 0 Å². The molecule has 0 fully saturated rings. The predicted octanol–water partition coefficient (Wildman–Crippen LogP) is 3.91. The van der Waals surface area contributed by atoms with Gasteiger partial charge < -0.3 is 0 Å². The summed E-state index contributed by atoms with van der Waals surface area (Å²) in [7, 11) is 0. The van der Waals surface area contributed by atoms with Crippen molar-refractivity contribution in [1.82, 2.24) is 4.98 Å². The molecule has 80 valence electrons. The molecule has 0 N–H and O–H groups in total. The highest BCUT2D eigenvalue weighted by Crippen LogP contribution is 2.29. The van der Waals surface area contributed by atoms with Gasteiger partial charge in [-0.15, -0.1) is 0 Å². The molecule has 0 saturated heterocycles. The first-order valence-electron chi connectivity index (χ1n) is 5.26. The lowest BCUT2D eigenvalue weighted by Crippen LogP contribution is -1.85. The van der Waals surface area contributed by atoms with Gasteiger partial charge in [-0.2, -0.15) is 0 Å². The molecule has 0 saturated carbocycles. The van der Waals surface area contributed by atoms with Crippen LogP contribution in [0.3, 0.4) is 0 Å². The standard InChI is InChI=1S/C14H14N2/c1-4-11-6-7-12-8-10(3)9-16-14(12)13(11)15-5-2/h4-9H,1H2,2-3H3. The molecule has 0 aliphatic rings. The van der Waals surface area contributed by atoms with Crippen molar-refractivity contribution in [2.45, 2.75) is 13.8 Å². The van der Waals surface area contributed by atoms with Crippen LogP contribution in [0, 0.1) is 6.92 Å². The average Bonchev–Trinajstić information content (AvgIpc) is 2.29. The summed E-state index contributed by atoms with van der Waals surface area (Å²) in [6.07, 6.45) is 5.45. The first-order valence-corrected chi connectivity index (χ1v) is 5.26. The van der Waals surface area contributed by atoms with Crippen molar-refractivity contribution >= 4 is 28.9 Å². The molecular formula is C14H14N2. The van der Waals surface area contributed by atoms with Gasteiger partial charge in [-0.1, -0.05) is 24.8 Å². The summed E-state index contributed by atoms with van der Waals surface area (Å²) in [5.41, 5.74) is 4.00. The van der Waals surface area contributed by atoms with Crippen molar-refractivity contribution in [3.63, 3.8) is 0 Å². The third-order valence-electron chi connectivity index (χ3n) is 2.47.